The molecule has 6 nitrogen and oxygen atoms in total. The molecule has 2 aliphatic rings. The lowest BCUT2D eigenvalue weighted by molar-refractivity contribution is 0.174. The smallest absolute Gasteiger partial charge is 0.132 e. The van der Waals surface area contributed by atoms with Gasteiger partial charge in [0.05, 0.1) is 11.4 Å². The average molecular weight is 408 g/mol. The summed E-state index contributed by atoms with van der Waals surface area (Å²) in [6, 6.07) is 8.19. The van der Waals surface area contributed by atoms with E-state index >= 15 is 0 Å². The highest BCUT2D eigenvalue weighted by Crippen LogP contribution is 2.43. The molecule has 0 radical (unpaired) electrons. The molecule has 0 amide bonds. The summed E-state index contributed by atoms with van der Waals surface area (Å²) < 4.78 is 6.31. The summed E-state index contributed by atoms with van der Waals surface area (Å²) in [6.07, 6.45) is 6.83. The maximum Gasteiger partial charge on any atom is 0.132 e. The first kappa shape index (κ1) is 20.8. The van der Waals surface area contributed by atoms with E-state index in [1.807, 2.05) is 12.1 Å². The van der Waals surface area contributed by atoms with Crippen molar-refractivity contribution >= 4 is 11.5 Å². The third-order valence-corrected chi connectivity index (χ3v) is 6.39. The Labute approximate surface area is 179 Å². The summed E-state index contributed by atoms with van der Waals surface area (Å²) in [4.78, 5) is 13.5. The van der Waals surface area contributed by atoms with E-state index in [1.165, 1.54) is 5.56 Å². The molecule has 1 aliphatic carbocycles. The molecule has 4 rings (SSSR count). The number of piperazine rings is 1. The fraction of sp³-hybridized carbons (Fsp3) is 0.542. The summed E-state index contributed by atoms with van der Waals surface area (Å²) in [5.41, 5.74) is 3.23. The van der Waals surface area contributed by atoms with Gasteiger partial charge in [-0.1, -0.05) is 26.3 Å². The second kappa shape index (κ2) is 8.72. The maximum absolute atomic E-state index is 8.95. The van der Waals surface area contributed by atoms with Crippen LogP contribution in [0.2, 0.25) is 0 Å². The topological polar surface area (TPSA) is 65.3 Å². The zero-order chi connectivity index (χ0) is 21.1. The Hall–Kier alpha value is -2.47. The van der Waals surface area contributed by atoms with Crippen LogP contribution in [0, 0.1) is 5.41 Å². The van der Waals surface area contributed by atoms with E-state index in [4.69, 9.17) is 10.1 Å². The van der Waals surface area contributed by atoms with Crippen molar-refractivity contribution in [2.24, 2.45) is 0 Å². The molecule has 30 heavy (non-hydrogen) atoms. The molecule has 1 aliphatic heterocycles. The molecule has 1 aromatic carbocycles. The summed E-state index contributed by atoms with van der Waals surface area (Å²) >= 11 is 0. The fourth-order valence-electron chi connectivity index (χ4n) is 4.09. The lowest BCUT2D eigenvalue weighted by Crippen LogP contribution is -2.44. The maximum atomic E-state index is 8.95. The fourth-order valence-corrected chi connectivity index (χ4v) is 4.09. The number of nitrogens with zero attached hydrogens (tertiary/aromatic N) is 4. The first-order valence-electron chi connectivity index (χ1n) is 11.2. The molecular formula is C24H33N5O. The van der Waals surface area contributed by atoms with E-state index in [2.05, 4.69) is 52.8 Å². The molecule has 0 spiro atoms. The molecule has 1 saturated heterocycles. The number of hydrogen-bond donors (Lipinski definition) is 1. The van der Waals surface area contributed by atoms with Crippen LogP contribution in [-0.2, 0) is 6.42 Å². The van der Waals surface area contributed by atoms with Crippen molar-refractivity contribution in [1.82, 2.24) is 14.9 Å². The van der Waals surface area contributed by atoms with Gasteiger partial charge in [0.2, 0.25) is 0 Å². The third-order valence-electron chi connectivity index (χ3n) is 6.39. The summed E-state index contributed by atoms with van der Waals surface area (Å²) in [7, 11) is 2.15. The van der Waals surface area contributed by atoms with Crippen LogP contribution >= 0.6 is 0 Å². The van der Waals surface area contributed by atoms with Gasteiger partial charge < -0.3 is 14.5 Å². The van der Waals surface area contributed by atoms with Crippen LogP contribution in [0.25, 0.3) is 0 Å². The molecule has 0 atom stereocenters. The van der Waals surface area contributed by atoms with Crippen LogP contribution in [0.3, 0.4) is 0 Å². The Morgan fingerprint density at radius 2 is 1.87 bits per heavy atom. The Kier molecular flexibility index (Phi) is 6.04. The Morgan fingerprint density at radius 3 is 2.53 bits per heavy atom. The van der Waals surface area contributed by atoms with E-state index < -0.39 is 0 Å². The second-order valence-electron chi connectivity index (χ2n) is 8.63. The molecule has 2 aromatic rings. The molecule has 1 N–H and O–H groups in total. The minimum Gasteiger partial charge on any atom is -0.487 e. The predicted octanol–water partition coefficient (Wildman–Crippen LogP) is 3.92. The first-order chi connectivity index (χ1) is 14.5. The van der Waals surface area contributed by atoms with Gasteiger partial charge in [0.15, 0.2) is 0 Å². The van der Waals surface area contributed by atoms with Crippen LogP contribution < -0.4 is 9.64 Å². The Morgan fingerprint density at radius 1 is 1.10 bits per heavy atom. The van der Waals surface area contributed by atoms with Crippen molar-refractivity contribution in [2.75, 3.05) is 38.1 Å². The number of nitrogens with one attached hydrogen (secondary N) is 1. The standard InChI is InChI=1S/C24H33N5O/c1-4-6-18-7-8-19(30-24(5-2)9-10-24)15-20(18)23(25)21-16-22(27-17-26-21)29-13-11-28(3)12-14-29/h7-8,15-17,25H,4-6,9-14H2,1-3H3. The Balaban J connectivity index is 1.60. The van der Waals surface area contributed by atoms with Crippen LogP contribution in [0.15, 0.2) is 30.6 Å². The van der Waals surface area contributed by atoms with Crippen LogP contribution in [0.4, 0.5) is 5.82 Å². The SMILES string of the molecule is CCCc1ccc(OC2(CC)CC2)cc1C(=N)c1cc(N2CCN(C)CC2)ncn1. The van der Waals surface area contributed by atoms with E-state index in [0.29, 0.717) is 11.4 Å². The van der Waals surface area contributed by atoms with E-state index in [9.17, 15) is 0 Å². The monoisotopic (exact) mass is 407 g/mol. The van der Waals surface area contributed by atoms with Gasteiger partial charge in [0, 0.05) is 37.8 Å². The van der Waals surface area contributed by atoms with Crippen molar-refractivity contribution in [3.8, 4) is 5.75 Å². The van der Waals surface area contributed by atoms with E-state index in [1.54, 1.807) is 6.33 Å². The molecular weight excluding hydrogens is 374 g/mol. The van der Waals surface area contributed by atoms with Crippen molar-refractivity contribution in [2.45, 2.75) is 51.6 Å². The largest absolute Gasteiger partial charge is 0.487 e. The molecule has 160 valence electrons. The van der Waals surface area contributed by atoms with Gasteiger partial charge in [-0.05, 0) is 50.4 Å². The number of likely N-dealkylation sites (N-methyl/N-ethyl adjacent to an activating group) is 1. The zero-order valence-corrected chi connectivity index (χ0v) is 18.4. The highest BCUT2D eigenvalue weighted by atomic mass is 16.5. The number of benzene rings is 1. The lowest BCUT2D eigenvalue weighted by atomic mass is 9.97. The number of aryl methyl sites for hydroxylation is 1. The highest BCUT2D eigenvalue weighted by Gasteiger charge is 2.43. The van der Waals surface area contributed by atoms with Crippen molar-refractivity contribution in [3.05, 3.63) is 47.4 Å². The van der Waals surface area contributed by atoms with E-state index in [-0.39, 0.29) is 5.60 Å². The molecule has 2 heterocycles. The quantitative estimate of drug-likeness (QED) is 0.672. The van der Waals surface area contributed by atoms with Gasteiger partial charge in [-0.3, -0.25) is 5.41 Å². The lowest BCUT2D eigenvalue weighted by Gasteiger charge is -2.33. The summed E-state index contributed by atoms with van der Waals surface area (Å²) in [6.45, 7) is 8.30. The van der Waals surface area contributed by atoms with Crippen LogP contribution in [0.1, 0.15) is 56.4 Å². The van der Waals surface area contributed by atoms with Crippen molar-refractivity contribution in [1.29, 1.82) is 5.41 Å². The zero-order valence-electron chi connectivity index (χ0n) is 18.4. The van der Waals surface area contributed by atoms with Gasteiger partial charge in [-0.2, -0.15) is 0 Å². The molecule has 0 bridgehead atoms. The second-order valence-corrected chi connectivity index (χ2v) is 8.63. The highest BCUT2D eigenvalue weighted by molar-refractivity contribution is 6.11. The molecule has 0 unspecified atom stereocenters. The van der Waals surface area contributed by atoms with Gasteiger partial charge >= 0.3 is 0 Å². The van der Waals surface area contributed by atoms with Gasteiger partial charge in [-0.25, -0.2) is 9.97 Å². The van der Waals surface area contributed by atoms with Gasteiger partial charge in [0.1, 0.15) is 23.5 Å². The Bertz CT molecular complexity index is 900. The van der Waals surface area contributed by atoms with Crippen molar-refractivity contribution < 1.29 is 4.74 Å². The summed E-state index contributed by atoms with van der Waals surface area (Å²) in [5.74, 6) is 1.77. The number of ether oxygens (including phenoxy) is 1. The molecule has 6 heteroatoms. The van der Waals surface area contributed by atoms with Gasteiger partial charge in [0.25, 0.3) is 0 Å². The molecule has 2 fully saturated rings. The van der Waals surface area contributed by atoms with Gasteiger partial charge in [-0.15, -0.1) is 0 Å². The molecule has 1 aromatic heterocycles. The molecule has 1 saturated carbocycles. The number of hydrogen-bond acceptors (Lipinski definition) is 6. The number of rotatable bonds is 8. The van der Waals surface area contributed by atoms with Crippen LogP contribution in [0.5, 0.6) is 5.75 Å². The van der Waals surface area contributed by atoms with E-state index in [0.717, 1.165) is 75.4 Å². The normalized spacial score (nSPS) is 18.3. The number of aromatic nitrogens is 2. The third kappa shape index (κ3) is 4.48. The van der Waals surface area contributed by atoms with Crippen molar-refractivity contribution in [3.63, 3.8) is 0 Å². The number of anilines is 1. The average Bonchev–Trinajstić information content (AvgIpc) is 3.55. The minimum absolute atomic E-state index is 0.00917. The van der Waals surface area contributed by atoms with Crippen LogP contribution in [-0.4, -0.2) is 59.4 Å². The summed E-state index contributed by atoms with van der Waals surface area (Å²) in [5, 5.41) is 8.95. The predicted molar refractivity (Wildman–Crippen MR) is 121 cm³/mol. The minimum atomic E-state index is 0.00917. The first-order valence-corrected chi connectivity index (χ1v) is 11.2.